The molecule has 3 unspecified atom stereocenters. The zero-order valence-corrected chi connectivity index (χ0v) is 34.0. The van der Waals surface area contributed by atoms with Crippen LogP contribution in [-0.4, -0.2) is 47.8 Å². The molecule has 0 spiro atoms. The minimum absolute atomic E-state index is 0.0726. The van der Waals surface area contributed by atoms with E-state index >= 15 is 0 Å². The highest BCUT2D eigenvalue weighted by Crippen LogP contribution is 2.43. The van der Waals surface area contributed by atoms with Crippen LogP contribution in [0.3, 0.4) is 0 Å². The molecule has 300 valence electrons. The zero-order chi connectivity index (χ0) is 37.5. The molecule has 8 nitrogen and oxygen atoms in total. The van der Waals surface area contributed by atoms with Gasteiger partial charge in [0.25, 0.3) is 0 Å². The molecule has 0 heterocycles. The number of phosphoric acid groups is 1. The summed E-state index contributed by atoms with van der Waals surface area (Å²) in [6, 6.07) is -0.879. The third-order valence-electron chi connectivity index (χ3n) is 9.20. The largest absolute Gasteiger partial charge is 0.472 e. The Bertz CT molecular complexity index is 897. The maximum atomic E-state index is 12.7. The number of nitrogens with one attached hydrogen (secondary N) is 1. The van der Waals surface area contributed by atoms with Gasteiger partial charge >= 0.3 is 7.82 Å². The molecule has 5 N–H and O–H groups in total. The van der Waals surface area contributed by atoms with E-state index in [1.807, 2.05) is 6.08 Å². The van der Waals surface area contributed by atoms with E-state index < -0.39 is 20.0 Å². The minimum Gasteiger partial charge on any atom is -0.387 e. The summed E-state index contributed by atoms with van der Waals surface area (Å²) < 4.78 is 22.1. The second-order valence-corrected chi connectivity index (χ2v) is 15.6. The maximum Gasteiger partial charge on any atom is 0.472 e. The Morgan fingerprint density at radius 1 is 0.627 bits per heavy atom. The number of rotatable bonds is 39. The van der Waals surface area contributed by atoms with Gasteiger partial charge in [-0.25, -0.2) is 4.57 Å². The van der Waals surface area contributed by atoms with E-state index in [0.717, 1.165) is 44.9 Å². The first-order valence-corrected chi connectivity index (χ1v) is 22.6. The number of carbonyl (C=O) groups is 1. The first-order chi connectivity index (χ1) is 24.9. The lowest BCUT2D eigenvalue weighted by molar-refractivity contribution is -0.123. The summed E-state index contributed by atoms with van der Waals surface area (Å²) in [6.45, 7) is 4.10. The maximum absolute atomic E-state index is 12.7. The molecule has 0 aromatic heterocycles. The summed E-state index contributed by atoms with van der Waals surface area (Å²) in [7, 11) is -4.35. The molecule has 0 saturated carbocycles. The van der Waals surface area contributed by atoms with Crippen LogP contribution in [0.15, 0.2) is 36.5 Å². The molecule has 0 rings (SSSR count). The van der Waals surface area contributed by atoms with Crippen molar-refractivity contribution in [3.63, 3.8) is 0 Å². The zero-order valence-electron chi connectivity index (χ0n) is 33.1. The SMILES string of the molecule is CCCCCCCCC/C=C/CC/C=C/CC/C=C/C(O)C(COP(=O)(O)OCCN)NC(=O)CCCCCCCCCCCCCCCCC. The molecule has 0 bridgehead atoms. The lowest BCUT2D eigenvalue weighted by Crippen LogP contribution is -2.45. The van der Waals surface area contributed by atoms with E-state index in [2.05, 4.69) is 43.5 Å². The van der Waals surface area contributed by atoms with Crippen molar-refractivity contribution < 1.29 is 28.4 Å². The first-order valence-electron chi connectivity index (χ1n) is 21.1. The van der Waals surface area contributed by atoms with Crippen LogP contribution in [0.4, 0.5) is 0 Å². The molecule has 9 heteroatoms. The average Bonchev–Trinajstić information content (AvgIpc) is 3.12. The molecule has 0 saturated heterocycles. The van der Waals surface area contributed by atoms with Crippen LogP contribution >= 0.6 is 7.82 Å². The van der Waals surface area contributed by atoms with Crippen molar-refractivity contribution in [1.29, 1.82) is 0 Å². The summed E-state index contributed by atoms with van der Waals surface area (Å²) >= 11 is 0. The Hall–Kier alpha value is -1.28. The molecule has 0 aliphatic heterocycles. The Morgan fingerprint density at radius 3 is 1.51 bits per heavy atom. The van der Waals surface area contributed by atoms with Crippen molar-refractivity contribution in [2.75, 3.05) is 19.8 Å². The quantitative estimate of drug-likeness (QED) is 0.0280. The van der Waals surface area contributed by atoms with Gasteiger partial charge in [-0.05, 0) is 44.9 Å². The second-order valence-electron chi connectivity index (χ2n) is 14.2. The number of hydrogen-bond acceptors (Lipinski definition) is 6. The van der Waals surface area contributed by atoms with Crippen LogP contribution in [0.25, 0.3) is 0 Å². The van der Waals surface area contributed by atoms with Gasteiger partial charge < -0.3 is 21.1 Å². The van der Waals surface area contributed by atoms with Crippen LogP contribution < -0.4 is 11.1 Å². The van der Waals surface area contributed by atoms with Crippen molar-refractivity contribution >= 4 is 13.7 Å². The molecule has 3 atom stereocenters. The molecule has 1 amide bonds. The third-order valence-corrected chi connectivity index (χ3v) is 10.2. The summed E-state index contributed by atoms with van der Waals surface area (Å²) in [5, 5.41) is 13.6. The number of aliphatic hydroxyl groups excluding tert-OH is 1. The third kappa shape index (κ3) is 36.9. The summed E-state index contributed by atoms with van der Waals surface area (Å²) in [4.78, 5) is 22.7. The Morgan fingerprint density at radius 2 is 1.04 bits per heavy atom. The average molecular weight is 741 g/mol. The number of phosphoric ester groups is 1. The summed E-state index contributed by atoms with van der Waals surface area (Å²) in [5.41, 5.74) is 5.36. The molecule has 0 radical (unpaired) electrons. The van der Waals surface area contributed by atoms with E-state index in [1.165, 1.54) is 128 Å². The predicted octanol–water partition coefficient (Wildman–Crippen LogP) is 11.6. The number of carbonyl (C=O) groups excluding carboxylic acids is 1. The highest BCUT2D eigenvalue weighted by atomic mass is 31.2. The van der Waals surface area contributed by atoms with E-state index in [1.54, 1.807) is 6.08 Å². The van der Waals surface area contributed by atoms with Crippen LogP contribution in [0.1, 0.15) is 194 Å². The molecule has 0 aromatic carbocycles. The smallest absolute Gasteiger partial charge is 0.387 e. The molecular formula is C42H81N2O6P. The van der Waals surface area contributed by atoms with Crippen LogP contribution in [0, 0.1) is 0 Å². The normalized spacial score (nSPS) is 14.5. The van der Waals surface area contributed by atoms with Crippen LogP contribution in [0.2, 0.25) is 0 Å². The van der Waals surface area contributed by atoms with E-state index in [9.17, 15) is 19.4 Å². The van der Waals surface area contributed by atoms with Gasteiger partial charge in [0.2, 0.25) is 5.91 Å². The fourth-order valence-electron chi connectivity index (χ4n) is 5.99. The second kappa shape index (κ2) is 38.4. The minimum atomic E-state index is -4.35. The first kappa shape index (κ1) is 49.7. The fourth-order valence-corrected chi connectivity index (χ4v) is 6.75. The molecule has 0 aliphatic carbocycles. The molecular weight excluding hydrogens is 659 g/mol. The Labute approximate surface area is 314 Å². The number of aliphatic hydroxyl groups is 1. The highest BCUT2D eigenvalue weighted by Gasteiger charge is 2.26. The van der Waals surface area contributed by atoms with Gasteiger partial charge in [-0.2, -0.15) is 0 Å². The van der Waals surface area contributed by atoms with Crippen molar-refractivity contribution in [3.05, 3.63) is 36.5 Å². The van der Waals surface area contributed by atoms with Crippen molar-refractivity contribution in [2.45, 2.75) is 206 Å². The van der Waals surface area contributed by atoms with Gasteiger partial charge in [-0.15, -0.1) is 0 Å². The lowest BCUT2D eigenvalue weighted by Gasteiger charge is -2.23. The molecule has 51 heavy (non-hydrogen) atoms. The lowest BCUT2D eigenvalue weighted by atomic mass is 10.0. The highest BCUT2D eigenvalue weighted by molar-refractivity contribution is 7.47. The number of allylic oxidation sites excluding steroid dienone is 5. The van der Waals surface area contributed by atoms with Gasteiger partial charge in [-0.3, -0.25) is 13.8 Å². The standard InChI is InChI=1S/C42H81N2O6P/c1-3-5-7-9-11-13-15-17-19-20-22-23-25-27-29-31-33-35-41(45)40(39-50-51(47,48)49-38-37-43)44-42(46)36-34-32-30-28-26-24-21-18-16-14-12-10-8-6-4-2/h19-20,25,27,33,35,40-41,45H,3-18,21-24,26,28-32,34,36-39,43H2,1-2H3,(H,44,46)(H,47,48)/b20-19+,27-25+,35-33+. The predicted molar refractivity (Wildman–Crippen MR) is 217 cm³/mol. The van der Waals surface area contributed by atoms with Gasteiger partial charge in [0.1, 0.15) is 0 Å². The number of unbranched alkanes of at least 4 members (excludes halogenated alkanes) is 23. The van der Waals surface area contributed by atoms with E-state index in [4.69, 9.17) is 14.8 Å². The van der Waals surface area contributed by atoms with E-state index in [-0.39, 0.29) is 25.7 Å². The summed E-state index contributed by atoms with van der Waals surface area (Å²) in [5.74, 6) is -0.208. The van der Waals surface area contributed by atoms with Gasteiger partial charge in [0.05, 0.1) is 25.4 Å². The number of hydrogen-bond donors (Lipinski definition) is 4. The molecule has 0 aliphatic rings. The fraction of sp³-hybridized carbons (Fsp3) is 0.833. The van der Waals surface area contributed by atoms with Gasteiger partial charge in [0.15, 0.2) is 0 Å². The Kier molecular flexibility index (Phi) is 37.5. The summed E-state index contributed by atoms with van der Waals surface area (Å²) in [6.07, 6.45) is 44.8. The van der Waals surface area contributed by atoms with E-state index in [0.29, 0.717) is 6.42 Å². The monoisotopic (exact) mass is 741 g/mol. The molecule has 0 aromatic rings. The Balaban J connectivity index is 4.32. The molecule has 0 fully saturated rings. The number of amides is 1. The topological polar surface area (TPSA) is 131 Å². The van der Waals surface area contributed by atoms with Gasteiger partial charge in [-0.1, -0.05) is 179 Å². The van der Waals surface area contributed by atoms with Crippen molar-refractivity contribution in [3.8, 4) is 0 Å². The van der Waals surface area contributed by atoms with Gasteiger partial charge in [0, 0.05) is 13.0 Å². The van der Waals surface area contributed by atoms with Crippen molar-refractivity contribution in [1.82, 2.24) is 5.32 Å². The van der Waals surface area contributed by atoms with Crippen LogP contribution in [-0.2, 0) is 18.4 Å². The van der Waals surface area contributed by atoms with Crippen LogP contribution in [0.5, 0.6) is 0 Å². The number of nitrogens with two attached hydrogens (primary N) is 1. The van der Waals surface area contributed by atoms with Crippen molar-refractivity contribution in [2.24, 2.45) is 5.73 Å².